The molecule has 3 nitrogen and oxygen atoms in total. The fourth-order valence-corrected chi connectivity index (χ4v) is 3.02. The zero-order valence-corrected chi connectivity index (χ0v) is 12.3. The van der Waals surface area contributed by atoms with Crippen LogP contribution in [0.15, 0.2) is 12.1 Å². The van der Waals surface area contributed by atoms with Crippen LogP contribution in [0.3, 0.4) is 0 Å². The largest absolute Gasteiger partial charge is 0.329 e. The van der Waals surface area contributed by atoms with Gasteiger partial charge in [0.1, 0.15) is 0 Å². The first-order valence-corrected chi connectivity index (χ1v) is 7.07. The van der Waals surface area contributed by atoms with Crippen LogP contribution in [0.5, 0.6) is 0 Å². The number of hydrogen-bond acceptors (Lipinski definition) is 2. The van der Waals surface area contributed by atoms with E-state index in [1.807, 2.05) is 13.0 Å². The molecule has 0 bridgehead atoms. The van der Waals surface area contributed by atoms with E-state index in [2.05, 4.69) is 41.4 Å². The lowest BCUT2D eigenvalue weighted by atomic mass is 9.95. The summed E-state index contributed by atoms with van der Waals surface area (Å²) in [5, 5.41) is 0. The molecule has 4 heteroatoms. The van der Waals surface area contributed by atoms with Crippen LogP contribution in [-0.2, 0) is 0 Å². The van der Waals surface area contributed by atoms with Gasteiger partial charge >= 0.3 is 0 Å². The van der Waals surface area contributed by atoms with Gasteiger partial charge in [-0.25, -0.2) is 4.98 Å². The van der Waals surface area contributed by atoms with Gasteiger partial charge in [0, 0.05) is 11.7 Å². The molecule has 2 rings (SSSR count). The molecular weight excluding hydrogens is 242 g/mol. The second kappa shape index (κ2) is 5.22. The first kappa shape index (κ1) is 13.3. The molecule has 98 valence electrons. The van der Waals surface area contributed by atoms with Gasteiger partial charge in [0.15, 0.2) is 10.4 Å². The molecule has 0 amide bonds. The number of H-pyrrole nitrogens is 1. The number of nitrogens with one attached hydrogen (secondary N) is 1. The molecule has 0 aliphatic carbocycles. The molecule has 0 aromatic carbocycles. The van der Waals surface area contributed by atoms with Gasteiger partial charge in [0.25, 0.3) is 0 Å². The first-order chi connectivity index (χ1) is 8.58. The summed E-state index contributed by atoms with van der Waals surface area (Å²) in [6, 6.07) is 4.46. The third kappa shape index (κ3) is 2.21. The summed E-state index contributed by atoms with van der Waals surface area (Å²) in [6.45, 7) is 8.73. The van der Waals surface area contributed by atoms with Crippen molar-refractivity contribution in [2.45, 2.75) is 46.6 Å². The zero-order chi connectivity index (χ0) is 13.3. The zero-order valence-electron chi connectivity index (χ0n) is 11.5. The van der Waals surface area contributed by atoms with Crippen molar-refractivity contribution in [2.24, 2.45) is 5.92 Å². The highest BCUT2D eigenvalue weighted by atomic mass is 32.1. The van der Waals surface area contributed by atoms with Crippen LogP contribution in [0.4, 0.5) is 0 Å². The predicted octanol–water partition coefficient (Wildman–Crippen LogP) is 4.40. The second-order valence-electron chi connectivity index (χ2n) is 4.94. The molecule has 0 fully saturated rings. The minimum absolute atomic E-state index is 0.385. The van der Waals surface area contributed by atoms with Crippen molar-refractivity contribution in [3.8, 4) is 0 Å². The van der Waals surface area contributed by atoms with Gasteiger partial charge in [-0.05, 0) is 44.1 Å². The van der Waals surface area contributed by atoms with Gasteiger partial charge in [0.05, 0.1) is 5.52 Å². The number of aromatic amines is 1. The summed E-state index contributed by atoms with van der Waals surface area (Å²) in [7, 11) is 0. The number of pyridine rings is 1. The van der Waals surface area contributed by atoms with Crippen molar-refractivity contribution in [3.63, 3.8) is 0 Å². The van der Waals surface area contributed by atoms with Crippen LogP contribution in [0.2, 0.25) is 0 Å². The fraction of sp³-hybridized carbons (Fsp3) is 0.571. The molecule has 0 aliphatic heterocycles. The molecule has 2 aromatic heterocycles. The Labute approximate surface area is 113 Å². The van der Waals surface area contributed by atoms with E-state index in [9.17, 15) is 0 Å². The van der Waals surface area contributed by atoms with E-state index in [0.29, 0.717) is 12.0 Å². The van der Waals surface area contributed by atoms with Crippen LogP contribution in [0, 0.1) is 17.6 Å². The number of imidazole rings is 1. The first-order valence-electron chi connectivity index (χ1n) is 6.66. The fourth-order valence-electron chi connectivity index (χ4n) is 2.66. The van der Waals surface area contributed by atoms with Crippen molar-refractivity contribution in [3.05, 3.63) is 22.6 Å². The summed E-state index contributed by atoms with van der Waals surface area (Å²) < 4.78 is 2.96. The number of fused-ring (bicyclic) bond motifs is 1. The third-order valence-corrected chi connectivity index (χ3v) is 4.14. The maximum absolute atomic E-state index is 5.45. The van der Waals surface area contributed by atoms with E-state index in [1.165, 1.54) is 0 Å². The monoisotopic (exact) mass is 263 g/mol. The molecule has 1 unspecified atom stereocenters. The molecule has 1 atom stereocenters. The quantitative estimate of drug-likeness (QED) is 0.829. The van der Waals surface area contributed by atoms with E-state index in [-0.39, 0.29) is 0 Å². The van der Waals surface area contributed by atoms with Crippen molar-refractivity contribution in [1.29, 1.82) is 0 Å². The van der Waals surface area contributed by atoms with Crippen molar-refractivity contribution in [2.75, 3.05) is 0 Å². The van der Waals surface area contributed by atoms with E-state index >= 15 is 0 Å². The average Bonchev–Trinajstić information content (AvgIpc) is 2.65. The predicted molar refractivity (Wildman–Crippen MR) is 78.4 cm³/mol. The lowest BCUT2D eigenvalue weighted by molar-refractivity contribution is 0.336. The highest BCUT2D eigenvalue weighted by Gasteiger charge is 2.19. The summed E-state index contributed by atoms with van der Waals surface area (Å²) in [4.78, 5) is 7.89. The Bertz CT molecular complexity index is 593. The van der Waals surface area contributed by atoms with Crippen LogP contribution >= 0.6 is 12.2 Å². The summed E-state index contributed by atoms with van der Waals surface area (Å²) >= 11 is 5.45. The van der Waals surface area contributed by atoms with Gasteiger partial charge in [-0.1, -0.05) is 26.7 Å². The average molecular weight is 263 g/mol. The Morgan fingerprint density at radius 3 is 2.61 bits per heavy atom. The van der Waals surface area contributed by atoms with Gasteiger partial charge in [-0.3, -0.25) is 4.57 Å². The maximum atomic E-state index is 5.45. The highest BCUT2D eigenvalue weighted by molar-refractivity contribution is 7.71. The number of hydrogen-bond donors (Lipinski definition) is 1. The van der Waals surface area contributed by atoms with Crippen LogP contribution < -0.4 is 0 Å². The summed E-state index contributed by atoms with van der Waals surface area (Å²) in [5.41, 5.74) is 3.05. The topological polar surface area (TPSA) is 33.6 Å². The van der Waals surface area contributed by atoms with Crippen LogP contribution in [0.25, 0.3) is 11.2 Å². The standard InChI is InChI=1S/C14H21N3S/c1-5-11(6-2)10(4)17-13-12(16-14(17)18)8-7-9(3)15-13/h7-8,10-11H,5-6H2,1-4H3,(H,16,18). The second-order valence-corrected chi connectivity index (χ2v) is 5.33. The lowest BCUT2D eigenvalue weighted by Crippen LogP contribution is -2.16. The SMILES string of the molecule is CCC(CC)C(C)n1c(=S)[nH]c2ccc(C)nc21. The molecule has 0 radical (unpaired) electrons. The molecule has 0 saturated heterocycles. The van der Waals surface area contributed by atoms with Gasteiger partial charge < -0.3 is 4.98 Å². The van der Waals surface area contributed by atoms with E-state index in [4.69, 9.17) is 12.2 Å². The van der Waals surface area contributed by atoms with Crippen molar-refractivity contribution in [1.82, 2.24) is 14.5 Å². The molecule has 0 spiro atoms. The smallest absolute Gasteiger partial charge is 0.179 e. The number of aryl methyl sites for hydroxylation is 1. The Kier molecular flexibility index (Phi) is 3.85. The van der Waals surface area contributed by atoms with Crippen molar-refractivity contribution >= 4 is 23.4 Å². The normalized spacial score (nSPS) is 13.4. The number of rotatable bonds is 4. The Balaban J connectivity index is 2.59. The Hall–Kier alpha value is -1.16. The summed E-state index contributed by atoms with van der Waals surface area (Å²) in [5.74, 6) is 0.637. The van der Waals surface area contributed by atoms with Gasteiger partial charge in [-0.2, -0.15) is 0 Å². The summed E-state index contributed by atoms with van der Waals surface area (Å²) in [6.07, 6.45) is 2.33. The van der Waals surface area contributed by atoms with Gasteiger partial charge in [0.2, 0.25) is 0 Å². The minimum Gasteiger partial charge on any atom is -0.329 e. The third-order valence-electron chi connectivity index (χ3n) is 3.84. The van der Waals surface area contributed by atoms with E-state index < -0.39 is 0 Å². The highest BCUT2D eigenvalue weighted by Crippen LogP contribution is 2.27. The van der Waals surface area contributed by atoms with Crippen LogP contribution in [0.1, 0.15) is 45.3 Å². The molecule has 2 aromatic rings. The Morgan fingerprint density at radius 1 is 1.33 bits per heavy atom. The van der Waals surface area contributed by atoms with Crippen LogP contribution in [-0.4, -0.2) is 14.5 Å². The molecule has 0 saturated carbocycles. The van der Waals surface area contributed by atoms with Crippen molar-refractivity contribution < 1.29 is 0 Å². The molecule has 1 N–H and O–H groups in total. The lowest BCUT2D eigenvalue weighted by Gasteiger charge is -2.23. The molecule has 2 heterocycles. The van der Waals surface area contributed by atoms with Gasteiger partial charge in [-0.15, -0.1) is 0 Å². The van der Waals surface area contributed by atoms with E-state index in [0.717, 1.165) is 34.5 Å². The molecular formula is C14H21N3S. The molecule has 0 aliphatic rings. The minimum atomic E-state index is 0.385. The number of nitrogens with zero attached hydrogens (tertiary/aromatic N) is 2. The Morgan fingerprint density at radius 2 is 2.00 bits per heavy atom. The number of aromatic nitrogens is 3. The van der Waals surface area contributed by atoms with E-state index in [1.54, 1.807) is 0 Å². The maximum Gasteiger partial charge on any atom is 0.179 e. The molecule has 18 heavy (non-hydrogen) atoms.